The van der Waals surface area contributed by atoms with Crippen LogP contribution in [0, 0.1) is 22.9 Å². The molecule has 0 aliphatic carbocycles. The second-order valence-electron chi connectivity index (χ2n) is 8.61. The second kappa shape index (κ2) is 10.3. The summed E-state index contributed by atoms with van der Waals surface area (Å²) in [4.78, 5) is 22.5. The number of hydrogen-bond acceptors (Lipinski definition) is 4. The Balaban J connectivity index is 2.06. The maximum Gasteiger partial charge on any atom is 0.338 e. The molecule has 0 fully saturated rings. The number of sulfone groups is 1. The number of carboxylic acid groups (broad SMARTS) is 1. The number of carboxylic acids is 1. The van der Waals surface area contributed by atoms with Crippen molar-refractivity contribution in [1.82, 2.24) is 0 Å². The van der Waals surface area contributed by atoms with Crippen molar-refractivity contribution in [2.75, 3.05) is 5.75 Å². The van der Waals surface area contributed by atoms with Gasteiger partial charge in [0.15, 0.2) is 9.84 Å². The number of aryl methyl sites for hydroxylation is 1. The maximum absolute atomic E-state index is 14.4. The third-order valence-electron chi connectivity index (χ3n) is 4.99. The Hall–Kier alpha value is -2.94. The molecule has 0 aromatic heterocycles. The highest BCUT2D eigenvalue weighted by atomic mass is 32.2. The van der Waals surface area contributed by atoms with Gasteiger partial charge in [0.2, 0.25) is 0 Å². The summed E-state index contributed by atoms with van der Waals surface area (Å²) in [6.45, 7) is 5.33. The van der Waals surface area contributed by atoms with E-state index in [9.17, 15) is 31.2 Å². The number of rotatable bonds is 9. The Bertz CT molecular complexity index is 1200. The van der Waals surface area contributed by atoms with Crippen LogP contribution in [0.3, 0.4) is 0 Å². The van der Waals surface area contributed by atoms with E-state index in [1.54, 1.807) is 20.8 Å². The van der Waals surface area contributed by atoms with Gasteiger partial charge in [0.05, 0.1) is 16.2 Å². The van der Waals surface area contributed by atoms with E-state index >= 15 is 0 Å². The molecule has 0 spiro atoms. The zero-order valence-corrected chi connectivity index (χ0v) is 19.3. The van der Waals surface area contributed by atoms with E-state index in [0.717, 1.165) is 12.1 Å². The lowest BCUT2D eigenvalue weighted by atomic mass is 9.89. The van der Waals surface area contributed by atoms with Crippen LogP contribution in [0.25, 0.3) is 6.08 Å². The standard InChI is InChI=1S/C24H25F3O5S/c1-24(2,3)22(28)8-4-6-15-9-10-17(13-19(15)25)33(31,32)11-5-7-16-12-21(27)18(23(29)30)14-20(16)26/h4,6,9-10,12-14H,5,7-8,11H2,1-3H3,(H,29,30)/b6-4+. The van der Waals surface area contributed by atoms with Crippen molar-refractivity contribution in [3.05, 3.63) is 70.5 Å². The molecule has 0 saturated carbocycles. The quantitative estimate of drug-likeness (QED) is 0.529. The largest absolute Gasteiger partial charge is 0.478 e. The zero-order chi connectivity index (χ0) is 25.0. The van der Waals surface area contributed by atoms with Crippen LogP contribution in [-0.2, 0) is 21.1 Å². The molecule has 0 amide bonds. The molecule has 2 rings (SSSR count). The van der Waals surface area contributed by atoms with Gasteiger partial charge < -0.3 is 5.11 Å². The minimum absolute atomic E-state index is 0.0210. The minimum Gasteiger partial charge on any atom is -0.478 e. The van der Waals surface area contributed by atoms with Crippen LogP contribution in [0.5, 0.6) is 0 Å². The van der Waals surface area contributed by atoms with Crippen molar-refractivity contribution in [1.29, 1.82) is 0 Å². The minimum atomic E-state index is -3.90. The fourth-order valence-corrected chi connectivity index (χ4v) is 4.27. The summed E-state index contributed by atoms with van der Waals surface area (Å²) in [5, 5.41) is 8.80. The summed E-state index contributed by atoms with van der Waals surface area (Å²) in [5.41, 5.74) is -1.35. The van der Waals surface area contributed by atoms with E-state index in [0.29, 0.717) is 6.07 Å². The Labute approximate surface area is 190 Å². The molecule has 0 heterocycles. The van der Waals surface area contributed by atoms with E-state index in [1.165, 1.54) is 24.3 Å². The average molecular weight is 483 g/mol. The normalized spacial score (nSPS) is 12.3. The number of carbonyl (C=O) groups is 2. The monoisotopic (exact) mass is 482 g/mol. The van der Waals surface area contributed by atoms with Gasteiger partial charge in [-0.05, 0) is 42.7 Å². The molecule has 0 atom stereocenters. The Morgan fingerprint density at radius 1 is 1.00 bits per heavy atom. The van der Waals surface area contributed by atoms with Gasteiger partial charge in [0, 0.05) is 17.4 Å². The number of benzene rings is 2. The highest BCUT2D eigenvalue weighted by molar-refractivity contribution is 7.91. The molecule has 2 aromatic rings. The Kier molecular flexibility index (Phi) is 8.24. The van der Waals surface area contributed by atoms with Crippen LogP contribution in [-0.4, -0.2) is 31.0 Å². The fraction of sp³-hybridized carbons (Fsp3) is 0.333. The van der Waals surface area contributed by atoms with E-state index < -0.39 is 50.0 Å². The number of Topliss-reactive ketones (excluding diaryl/α,β-unsaturated/α-hetero) is 1. The molecule has 33 heavy (non-hydrogen) atoms. The summed E-state index contributed by atoms with van der Waals surface area (Å²) in [6.07, 6.45) is 2.82. The van der Waals surface area contributed by atoms with Crippen LogP contribution in [0.15, 0.2) is 41.3 Å². The van der Waals surface area contributed by atoms with Crippen molar-refractivity contribution in [2.45, 2.75) is 44.9 Å². The van der Waals surface area contributed by atoms with E-state index in [4.69, 9.17) is 5.11 Å². The molecule has 0 aliphatic rings. The predicted molar refractivity (Wildman–Crippen MR) is 118 cm³/mol. The molecule has 0 radical (unpaired) electrons. The summed E-state index contributed by atoms with van der Waals surface area (Å²) >= 11 is 0. The van der Waals surface area contributed by atoms with Crippen LogP contribution in [0.2, 0.25) is 0 Å². The number of aromatic carboxylic acids is 1. The first-order valence-corrected chi connectivity index (χ1v) is 11.8. The lowest BCUT2D eigenvalue weighted by molar-refractivity contribution is -0.125. The molecule has 0 aliphatic heterocycles. The van der Waals surface area contributed by atoms with Crippen molar-refractivity contribution >= 4 is 27.7 Å². The smallest absolute Gasteiger partial charge is 0.338 e. The Morgan fingerprint density at radius 2 is 1.67 bits per heavy atom. The molecule has 5 nitrogen and oxygen atoms in total. The maximum atomic E-state index is 14.4. The lowest BCUT2D eigenvalue weighted by Crippen LogP contribution is -2.18. The lowest BCUT2D eigenvalue weighted by Gasteiger charge is -2.14. The first kappa shape index (κ1) is 26.3. The summed E-state index contributed by atoms with van der Waals surface area (Å²) in [5.74, 6) is -4.90. The van der Waals surface area contributed by atoms with Gasteiger partial charge in [-0.25, -0.2) is 26.4 Å². The summed E-state index contributed by atoms with van der Waals surface area (Å²) in [7, 11) is -3.90. The average Bonchev–Trinajstić information content (AvgIpc) is 2.70. The van der Waals surface area contributed by atoms with Crippen molar-refractivity contribution < 1.29 is 36.3 Å². The first-order chi connectivity index (χ1) is 15.2. The fourth-order valence-electron chi connectivity index (χ4n) is 2.95. The number of ketones is 1. The molecular formula is C24H25F3O5S. The number of carbonyl (C=O) groups excluding carboxylic acids is 1. The highest BCUT2D eigenvalue weighted by Crippen LogP contribution is 2.22. The van der Waals surface area contributed by atoms with Gasteiger partial charge in [-0.15, -0.1) is 0 Å². The van der Waals surface area contributed by atoms with Crippen LogP contribution in [0.1, 0.15) is 55.1 Å². The van der Waals surface area contributed by atoms with Crippen LogP contribution >= 0.6 is 0 Å². The SMILES string of the molecule is CC(C)(C)C(=O)C/C=C/c1ccc(S(=O)(=O)CCCc2cc(F)c(C(=O)O)cc2F)cc1F. The zero-order valence-electron chi connectivity index (χ0n) is 18.5. The van der Waals surface area contributed by atoms with E-state index in [2.05, 4.69) is 0 Å². The van der Waals surface area contributed by atoms with Crippen molar-refractivity contribution in [3.8, 4) is 0 Å². The molecule has 0 bridgehead atoms. The third kappa shape index (κ3) is 7.02. The first-order valence-electron chi connectivity index (χ1n) is 10.2. The molecule has 0 unspecified atom stereocenters. The van der Waals surface area contributed by atoms with Gasteiger partial charge in [-0.1, -0.05) is 39.0 Å². The predicted octanol–water partition coefficient (Wildman–Crippen LogP) is 5.23. The van der Waals surface area contributed by atoms with E-state index in [-0.39, 0.29) is 41.1 Å². The van der Waals surface area contributed by atoms with Crippen LogP contribution in [0.4, 0.5) is 13.2 Å². The summed E-state index contributed by atoms with van der Waals surface area (Å²) in [6, 6.07) is 4.70. The molecule has 1 N–H and O–H groups in total. The molecule has 9 heteroatoms. The number of hydrogen-bond donors (Lipinski definition) is 1. The molecular weight excluding hydrogens is 457 g/mol. The van der Waals surface area contributed by atoms with Crippen molar-refractivity contribution in [2.24, 2.45) is 5.41 Å². The van der Waals surface area contributed by atoms with Gasteiger partial charge >= 0.3 is 5.97 Å². The molecule has 0 saturated heterocycles. The Morgan fingerprint density at radius 3 is 2.24 bits per heavy atom. The van der Waals surface area contributed by atoms with E-state index in [1.807, 2.05) is 0 Å². The summed E-state index contributed by atoms with van der Waals surface area (Å²) < 4.78 is 67.2. The molecule has 2 aromatic carbocycles. The second-order valence-corrected chi connectivity index (χ2v) is 10.7. The van der Waals surface area contributed by atoms with Gasteiger partial charge in [0.25, 0.3) is 0 Å². The van der Waals surface area contributed by atoms with Gasteiger partial charge in [-0.2, -0.15) is 0 Å². The molecule has 178 valence electrons. The van der Waals surface area contributed by atoms with Gasteiger partial charge in [-0.3, -0.25) is 4.79 Å². The number of halogens is 3. The van der Waals surface area contributed by atoms with Crippen molar-refractivity contribution in [3.63, 3.8) is 0 Å². The van der Waals surface area contributed by atoms with Crippen LogP contribution < -0.4 is 0 Å². The third-order valence-corrected chi connectivity index (χ3v) is 6.79. The number of allylic oxidation sites excluding steroid dienone is 1. The van der Waals surface area contributed by atoms with Gasteiger partial charge in [0.1, 0.15) is 23.2 Å². The highest BCUT2D eigenvalue weighted by Gasteiger charge is 2.20. The topological polar surface area (TPSA) is 88.5 Å².